The van der Waals surface area contributed by atoms with Gasteiger partial charge in [0.2, 0.25) is 0 Å². The molecule has 2 rings (SSSR count). The average molecular weight is 261 g/mol. The monoisotopic (exact) mass is 261 g/mol. The van der Waals surface area contributed by atoms with E-state index >= 15 is 0 Å². The van der Waals surface area contributed by atoms with Gasteiger partial charge < -0.3 is 9.64 Å². The zero-order valence-corrected chi connectivity index (χ0v) is 12.3. The molecule has 1 aromatic rings. The summed E-state index contributed by atoms with van der Waals surface area (Å²) < 4.78 is 5.86. The predicted octanol–water partition coefficient (Wildman–Crippen LogP) is 2.81. The molecule has 1 aliphatic heterocycles. The fourth-order valence-electron chi connectivity index (χ4n) is 3.30. The van der Waals surface area contributed by atoms with Crippen molar-refractivity contribution >= 4 is 5.97 Å². The minimum absolute atomic E-state index is 0.118. The number of hydrogen-bond acceptors (Lipinski definition) is 3. The fourth-order valence-corrected chi connectivity index (χ4v) is 3.30. The van der Waals surface area contributed by atoms with Crippen molar-refractivity contribution < 1.29 is 9.53 Å². The van der Waals surface area contributed by atoms with Crippen LogP contribution in [0.15, 0.2) is 30.3 Å². The summed E-state index contributed by atoms with van der Waals surface area (Å²) in [6.45, 7) is 7.71. The van der Waals surface area contributed by atoms with Crippen molar-refractivity contribution in [1.82, 2.24) is 4.90 Å². The normalized spacial score (nSPS) is 26.9. The van der Waals surface area contributed by atoms with E-state index in [1.807, 2.05) is 18.2 Å². The molecule has 1 aliphatic rings. The molecule has 0 spiro atoms. The Labute approximate surface area is 115 Å². The fraction of sp³-hybridized carbons (Fsp3) is 0.562. The van der Waals surface area contributed by atoms with Gasteiger partial charge in [0.1, 0.15) is 5.60 Å². The van der Waals surface area contributed by atoms with Crippen LogP contribution < -0.4 is 0 Å². The van der Waals surface area contributed by atoms with Crippen molar-refractivity contribution in [3.05, 3.63) is 35.9 Å². The molecular weight excluding hydrogens is 238 g/mol. The quantitative estimate of drug-likeness (QED) is 0.767. The Morgan fingerprint density at radius 2 is 1.89 bits per heavy atom. The van der Waals surface area contributed by atoms with Crippen molar-refractivity contribution in [1.29, 1.82) is 0 Å². The lowest BCUT2D eigenvalue weighted by Gasteiger charge is -2.51. The van der Waals surface area contributed by atoms with Gasteiger partial charge in [0.15, 0.2) is 0 Å². The Kier molecular flexibility index (Phi) is 3.68. The van der Waals surface area contributed by atoms with Crippen molar-refractivity contribution in [2.75, 3.05) is 20.1 Å². The first-order valence-corrected chi connectivity index (χ1v) is 6.81. The molecule has 1 saturated heterocycles. The number of likely N-dealkylation sites (tertiary alicyclic amines) is 1. The Morgan fingerprint density at radius 3 is 2.42 bits per heavy atom. The molecule has 0 amide bonds. The van der Waals surface area contributed by atoms with Gasteiger partial charge in [-0.2, -0.15) is 0 Å². The van der Waals surface area contributed by atoms with Crippen LogP contribution in [0.5, 0.6) is 0 Å². The summed E-state index contributed by atoms with van der Waals surface area (Å²) in [5.74, 6) is -0.207. The van der Waals surface area contributed by atoms with Gasteiger partial charge in [-0.1, -0.05) is 44.2 Å². The first kappa shape index (κ1) is 14.1. The van der Waals surface area contributed by atoms with E-state index in [0.29, 0.717) is 0 Å². The van der Waals surface area contributed by atoms with Gasteiger partial charge in [0.25, 0.3) is 0 Å². The standard InChI is InChI=1S/C16H23NO2/c1-13(18)19-16(14-8-6-5-7-9-14)10-11-17(4)12-15(16,2)3/h5-9H,10-12H2,1-4H3/t16-/m0/s1. The summed E-state index contributed by atoms with van der Waals surface area (Å²) in [5, 5.41) is 0. The van der Waals surface area contributed by atoms with Crippen molar-refractivity contribution in [3.8, 4) is 0 Å². The molecule has 0 bridgehead atoms. The van der Waals surface area contributed by atoms with Crippen LogP contribution in [0.25, 0.3) is 0 Å². The second-order valence-corrected chi connectivity index (χ2v) is 6.16. The maximum Gasteiger partial charge on any atom is 0.303 e. The largest absolute Gasteiger partial charge is 0.454 e. The van der Waals surface area contributed by atoms with Crippen molar-refractivity contribution in [2.45, 2.75) is 32.8 Å². The lowest BCUT2D eigenvalue weighted by Crippen LogP contribution is -2.56. The third-order valence-electron chi connectivity index (χ3n) is 4.16. The first-order valence-electron chi connectivity index (χ1n) is 6.81. The molecule has 0 radical (unpaired) electrons. The van der Waals surface area contributed by atoms with E-state index in [0.717, 1.165) is 25.1 Å². The van der Waals surface area contributed by atoms with E-state index in [1.54, 1.807) is 0 Å². The van der Waals surface area contributed by atoms with Crippen LogP contribution in [-0.4, -0.2) is 31.0 Å². The minimum Gasteiger partial charge on any atom is -0.454 e. The van der Waals surface area contributed by atoms with Gasteiger partial charge in [0.05, 0.1) is 0 Å². The van der Waals surface area contributed by atoms with E-state index in [9.17, 15) is 4.79 Å². The number of carbonyl (C=O) groups is 1. The van der Waals surface area contributed by atoms with Gasteiger partial charge in [-0.15, -0.1) is 0 Å². The summed E-state index contributed by atoms with van der Waals surface area (Å²) in [5.41, 5.74) is 0.461. The molecular formula is C16H23NO2. The second kappa shape index (κ2) is 4.97. The van der Waals surface area contributed by atoms with E-state index in [1.165, 1.54) is 6.92 Å². The molecule has 19 heavy (non-hydrogen) atoms. The minimum atomic E-state index is -0.521. The molecule has 0 unspecified atom stereocenters. The van der Waals surface area contributed by atoms with Crippen LogP contribution >= 0.6 is 0 Å². The zero-order valence-electron chi connectivity index (χ0n) is 12.3. The molecule has 3 heteroatoms. The molecule has 1 fully saturated rings. The number of rotatable bonds is 2. The highest BCUT2D eigenvalue weighted by atomic mass is 16.6. The van der Waals surface area contributed by atoms with Crippen molar-refractivity contribution in [3.63, 3.8) is 0 Å². The second-order valence-electron chi connectivity index (χ2n) is 6.16. The lowest BCUT2D eigenvalue weighted by molar-refractivity contribution is -0.187. The molecule has 104 valence electrons. The highest BCUT2D eigenvalue weighted by Gasteiger charge is 2.52. The molecule has 0 aromatic heterocycles. The summed E-state index contributed by atoms with van der Waals surface area (Å²) >= 11 is 0. The first-order chi connectivity index (χ1) is 8.87. The third kappa shape index (κ3) is 2.52. The van der Waals surface area contributed by atoms with Gasteiger partial charge >= 0.3 is 5.97 Å². The summed E-state index contributed by atoms with van der Waals surface area (Å²) in [6, 6.07) is 10.1. The molecule has 0 N–H and O–H groups in total. The maximum absolute atomic E-state index is 11.6. The van der Waals surface area contributed by atoms with Crippen LogP contribution in [0.4, 0.5) is 0 Å². The highest BCUT2D eigenvalue weighted by molar-refractivity contribution is 5.67. The van der Waals surface area contributed by atoms with Crippen LogP contribution in [0.1, 0.15) is 32.8 Å². The number of hydrogen-bond donors (Lipinski definition) is 0. The van der Waals surface area contributed by atoms with Crippen LogP contribution in [0.2, 0.25) is 0 Å². The molecule has 0 aliphatic carbocycles. The number of nitrogens with zero attached hydrogens (tertiary/aromatic N) is 1. The van der Waals surface area contributed by atoms with Crippen LogP contribution in [0, 0.1) is 5.41 Å². The van der Waals surface area contributed by atoms with Crippen molar-refractivity contribution in [2.24, 2.45) is 5.41 Å². The Bertz CT molecular complexity index is 455. The van der Waals surface area contributed by atoms with E-state index in [2.05, 4.69) is 37.9 Å². The predicted molar refractivity (Wildman–Crippen MR) is 75.8 cm³/mol. The molecule has 0 saturated carbocycles. The van der Waals surface area contributed by atoms with Gasteiger partial charge in [-0.25, -0.2) is 0 Å². The average Bonchev–Trinajstić information content (AvgIpc) is 2.33. The molecule has 1 aromatic carbocycles. The van der Waals surface area contributed by atoms with Gasteiger partial charge in [-0.05, 0) is 12.6 Å². The number of esters is 1. The number of ether oxygens (including phenoxy) is 1. The summed E-state index contributed by atoms with van der Waals surface area (Å²) in [6.07, 6.45) is 0.833. The zero-order chi connectivity index (χ0) is 14.1. The van der Waals surface area contributed by atoms with E-state index < -0.39 is 5.60 Å². The SMILES string of the molecule is CC(=O)O[C@]1(c2ccccc2)CCN(C)CC1(C)C. The topological polar surface area (TPSA) is 29.5 Å². The van der Waals surface area contributed by atoms with Gasteiger partial charge in [0, 0.05) is 31.8 Å². The number of benzene rings is 1. The molecule has 1 heterocycles. The molecule has 3 nitrogen and oxygen atoms in total. The highest BCUT2D eigenvalue weighted by Crippen LogP contribution is 2.48. The third-order valence-corrected chi connectivity index (χ3v) is 4.16. The van der Waals surface area contributed by atoms with Crippen LogP contribution in [-0.2, 0) is 15.1 Å². The number of carbonyl (C=O) groups excluding carboxylic acids is 1. The Balaban J connectivity index is 2.49. The molecule has 1 atom stereocenters. The smallest absolute Gasteiger partial charge is 0.303 e. The summed E-state index contributed by atoms with van der Waals surface area (Å²) in [7, 11) is 2.12. The maximum atomic E-state index is 11.6. The number of piperidine rings is 1. The lowest BCUT2D eigenvalue weighted by atomic mass is 9.66. The Hall–Kier alpha value is -1.35. The van der Waals surface area contributed by atoms with Crippen LogP contribution in [0.3, 0.4) is 0 Å². The van der Waals surface area contributed by atoms with E-state index in [4.69, 9.17) is 4.74 Å². The Morgan fingerprint density at radius 1 is 1.26 bits per heavy atom. The summed E-state index contributed by atoms with van der Waals surface area (Å²) in [4.78, 5) is 13.9. The van der Waals surface area contributed by atoms with Gasteiger partial charge in [-0.3, -0.25) is 4.79 Å². The van der Waals surface area contributed by atoms with E-state index in [-0.39, 0.29) is 11.4 Å².